The number of ether oxygens (including phenoxy) is 2. The van der Waals surface area contributed by atoms with Gasteiger partial charge in [-0.05, 0) is 61.6 Å². The quantitative estimate of drug-likeness (QED) is 0.786. The third kappa shape index (κ3) is 4.61. The average molecular weight is 375 g/mol. The number of esters is 1. The molecule has 27 heavy (non-hydrogen) atoms. The summed E-state index contributed by atoms with van der Waals surface area (Å²) < 4.78 is 37.5. The molecule has 1 atom stereocenters. The molecule has 0 saturated heterocycles. The Hall–Kier alpha value is -2.96. The van der Waals surface area contributed by atoms with Gasteiger partial charge in [0.1, 0.15) is 23.1 Å². The Morgan fingerprint density at radius 1 is 1.11 bits per heavy atom. The van der Waals surface area contributed by atoms with Crippen LogP contribution in [0.15, 0.2) is 36.4 Å². The van der Waals surface area contributed by atoms with Crippen molar-refractivity contribution in [3.8, 4) is 5.75 Å². The number of aryl methyl sites for hydroxylation is 2. The molecule has 0 aliphatic heterocycles. The second kappa shape index (κ2) is 8.16. The lowest BCUT2D eigenvalue weighted by Crippen LogP contribution is -2.32. The Balaban J connectivity index is 1.50. The third-order valence-corrected chi connectivity index (χ3v) is 4.32. The highest BCUT2D eigenvalue weighted by atomic mass is 19.1. The summed E-state index contributed by atoms with van der Waals surface area (Å²) in [6, 6.07) is 8.86. The molecular formula is C20H19F2NO4. The summed E-state index contributed by atoms with van der Waals surface area (Å²) in [4.78, 5) is 23.9. The summed E-state index contributed by atoms with van der Waals surface area (Å²) in [5, 5.41) is 2.08. The Bertz CT molecular complexity index is 849. The van der Waals surface area contributed by atoms with Crippen LogP contribution in [0.1, 0.15) is 24.5 Å². The van der Waals surface area contributed by atoms with Crippen molar-refractivity contribution in [1.82, 2.24) is 0 Å². The van der Waals surface area contributed by atoms with Gasteiger partial charge in [-0.25, -0.2) is 13.6 Å². The number of carbonyl (C=O) groups is 2. The minimum absolute atomic E-state index is 0.371. The van der Waals surface area contributed by atoms with Crippen LogP contribution in [0.2, 0.25) is 0 Å². The smallest absolute Gasteiger partial charge is 0.344 e. The van der Waals surface area contributed by atoms with Crippen molar-refractivity contribution in [2.45, 2.75) is 32.3 Å². The van der Waals surface area contributed by atoms with Crippen LogP contribution in [0.5, 0.6) is 5.75 Å². The predicted octanol–water partition coefficient (Wildman–Crippen LogP) is 3.40. The zero-order valence-corrected chi connectivity index (χ0v) is 14.8. The number of halogens is 2. The zero-order chi connectivity index (χ0) is 19.4. The van der Waals surface area contributed by atoms with Crippen molar-refractivity contribution in [2.75, 3.05) is 11.9 Å². The van der Waals surface area contributed by atoms with E-state index in [9.17, 15) is 18.4 Å². The first-order chi connectivity index (χ1) is 12.9. The monoisotopic (exact) mass is 375 g/mol. The van der Waals surface area contributed by atoms with E-state index in [4.69, 9.17) is 9.47 Å². The summed E-state index contributed by atoms with van der Waals surface area (Å²) in [5.41, 5.74) is 1.91. The minimum Gasteiger partial charge on any atom is -0.482 e. The molecule has 0 aromatic heterocycles. The maximum Gasteiger partial charge on any atom is 0.344 e. The molecule has 0 saturated carbocycles. The van der Waals surface area contributed by atoms with E-state index < -0.39 is 35.3 Å². The molecule has 3 rings (SSSR count). The standard InChI is InChI=1S/C20H19F2NO4/c1-12(20(25)23-19-16(21)6-3-7-17(19)22)27-18(24)11-26-15-9-8-13-4-2-5-14(13)10-15/h3,6-10,12H,2,4-5,11H2,1H3,(H,23,25)/t12-/m0/s1. The number of hydrogen-bond donors (Lipinski definition) is 1. The van der Waals surface area contributed by atoms with Gasteiger partial charge in [-0.3, -0.25) is 4.79 Å². The molecule has 1 N–H and O–H groups in total. The number of fused-ring (bicyclic) bond motifs is 1. The van der Waals surface area contributed by atoms with Crippen LogP contribution in [0, 0.1) is 11.6 Å². The van der Waals surface area contributed by atoms with E-state index in [-0.39, 0.29) is 6.61 Å². The van der Waals surface area contributed by atoms with Gasteiger partial charge in [-0.15, -0.1) is 0 Å². The van der Waals surface area contributed by atoms with Gasteiger partial charge in [-0.2, -0.15) is 0 Å². The Morgan fingerprint density at radius 3 is 2.56 bits per heavy atom. The molecule has 0 heterocycles. The van der Waals surface area contributed by atoms with Crippen LogP contribution in [0.3, 0.4) is 0 Å². The fourth-order valence-corrected chi connectivity index (χ4v) is 2.91. The SMILES string of the molecule is C[C@H](OC(=O)COc1ccc2c(c1)CCC2)C(=O)Nc1c(F)cccc1F. The van der Waals surface area contributed by atoms with Crippen LogP contribution in [-0.2, 0) is 27.2 Å². The molecule has 1 aliphatic carbocycles. The maximum atomic E-state index is 13.6. The number of rotatable bonds is 6. The van der Waals surface area contributed by atoms with E-state index >= 15 is 0 Å². The van der Waals surface area contributed by atoms with Crippen LogP contribution in [-0.4, -0.2) is 24.6 Å². The first-order valence-corrected chi connectivity index (χ1v) is 8.63. The molecule has 0 unspecified atom stereocenters. The minimum atomic E-state index is -1.24. The third-order valence-electron chi connectivity index (χ3n) is 4.32. The van der Waals surface area contributed by atoms with E-state index in [2.05, 4.69) is 5.32 Å². The first kappa shape index (κ1) is 18.8. The van der Waals surface area contributed by atoms with E-state index in [1.165, 1.54) is 24.1 Å². The fraction of sp³-hybridized carbons (Fsp3) is 0.300. The average Bonchev–Trinajstić information content (AvgIpc) is 3.10. The van der Waals surface area contributed by atoms with Crippen molar-refractivity contribution in [3.63, 3.8) is 0 Å². The van der Waals surface area contributed by atoms with Gasteiger partial charge in [0.05, 0.1) is 0 Å². The number of carbonyl (C=O) groups excluding carboxylic acids is 2. The summed E-state index contributed by atoms with van der Waals surface area (Å²) in [5.74, 6) is -2.88. The van der Waals surface area contributed by atoms with Crippen LogP contribution < -0.4 is 10.1 Å². The van der Waals surface area contributed by atoms with E-state index in [1.54, 1.807) is 6.07 Å². The van der Waals surface area contributed by atoms with Crippen molar-refractivity contribution in [2.24, 2.45) is 0 Å². The molecule has 0 spiro atoms. The largest absolute Gasteiger partial charge is 0.482 e. The number of para-hydroxylation sites is 1. The number of amides is 1. The van der Waals surface area contributed by atoms with Crippen LogP contribution in [0.4, 0.5) is 14.5 Å². The highest BCUT2D eigenvalue weighted by Crippen LogP contribution is 2.26. The number of nitrogens with one attached hydrogen (secondary N) is 1. The second-order valence-corrected chi connectivity index (χ2v) is 6.29. The summed E-state index contributed by atoms with van der Waals surface area (Å²) in [6.07, 6.45) is 1.91. The molecule has 1 aliphatic rings. The molecule has 5 nitrogen and oxygen atoms in total. The fourth-order valence-electron chi connectivity index (χ4n) is 2.91. The number of anilines is 1. The highest BCUT2D eigenvalue weighted by molar-refractivity contribution is 5.95. The molecule has 0 bridgehead atoms. The van der Waals surface area contributed by atoms with Crippen molar-refractivity contribution >= 4 is 17.6 Å². The van der Waals surface area contributed by atoms with Gasteiger partial charge in [0.15, 0.2) is 12.7 Å². The molecule has 142 valence electrons. The lowest BCUT2D eigenvalue weighted by atomic mass is 10.1. The molecule has 7 heteroatoms. The van der Waals surface area contributed by atoms with Gasteiger partial charge in [0.25, 0.3) is 5.91 Å². The Morgan fingerprint density at radius 2 is 1.81 bits per heavy atom. The van der Waals surface area contributed by atoms with Crippen molar-refractivity contribution in [3.05, 3.63) is 59.2 Å². The highest BCUT2D eigenvalue weighted by Gasteiger charge is 2.21. The summed E-state index contributed by atoms with van der Waals surface area (Å²) in [6.45, 7) is 0.936. The van der Waals surface area contributed by atoms with Gasteiger partial charge >= 0.3 is 5.97 Å². The second-order valence-electron chi connectivity index (χ2n) is 6.29. The molecular weight excluding hydrogens is 356 g/mol. The number of benzene rings is 2. The topological polar surface area (TPSA) is 64.6 Å². The lowest BCUT2D eigenvalue weighted by molar-refractivity contribution is -0.155. The van der Waals surface area contributed by atoms with Crippen molar-refractivity contribution in [1.29, 1.82) is 0 Å². The Kier molecular flexibility index (Phi) is 5.69. The van der Waals surface area contributed by atoms with Gasteiger partial charge < -0.3 is 14.8 Å². The first-order valence-electron chi connectivity index (χ1n) is 8.63. The maximum absolute atomic E-state index is 13.6. The summed E-state index contributed by atoms with van der Waals surface area (Å²) in [7, 11) is 0. The van der Waals surface area contributed by atoms with E-state index in [0.717, 1.165) is 31.4 Å². The van der Waals surface area contributed by atoms with Crippen LogP contribution >= 0.6 is 0 Å². The molecule has 2 aromatic carbocycles. The van der Waals surface area contributed by atoms with Crippen LogP contribution in [0.25, 0.3) is 0 Å². The van der Waals surface area contributed by atoms with E-state index in [1.807, 2.05) is 12.1 Å². The summed E-state index contributed by atoms with van der Waals surface area (Å²) >= 11 is 0. The Labute approximate surface area is 155 Å². The zero-order valence-electron chi connectivity index (χ0n) is 14.8. The van der Waals surface area contributed by atoms with Crippen molar-refractivity contribution < 1.29 is 27.8 Å². The molecule has 1 amide bonds. The molecule has 0 radical (unpaired) electrons. The predicted molar refractivity (Wildman–Crippen MR) is 94.5 cm³/mol. The normalized spacial score (nSPS) is 13.6. The van der Waals surface area contributed by atoms with Gasteiger partial charge in [-0.1, -0.05) is 12.1 Å². The molecule has 2 aromatic rings. The molecule has 0 fully saturated rings. The van der Waals surface area contributed by atoms with E-state index in [0.29, 0.717) is 5.75 Å². The van der Waals surface area contributed by atoms with Gasteiger partial charge in [0, 0.05) is 0 Å². The lowest BCUT2D eigenvalue weighted by Gasteiger charge is -2.14. The number of hydrogen-bond acceptors (Lipinski definition) is 4. The van der Waals surface area contributed by atoms with Gasteiger partial charge in [0.2, 0.25) is 0 Å².